The number of anilines is 1. The smallest absolute Gasteiger partial charge is 0.313 e. The van der Waals surface area contributed by atoms with Gasteiger partial charge in [-0.2, -0.15) is 4.31 Å². The number of sulfonamides is 1. The standard InChI is InChI=1S/C30H33ClN4O8S/c1-17-7-9-24(42-5)21(11-17)30(35(3)16-19(36)13-23(35)28(37)32-2)22-12-18(31)15-33-27(22)34(29(30)38)44(39,40)26-10-8-20(41-4)14-25(26)43-6/h7-12,14-15,19,23,36H,13,16H2,1-6H3/p+1/t19-,23+,30?,35?/m1/s1. The lowest BCUT2D eigenvalue weighted by Gasteiger charge is -2.48. The van der Waals surface area contributed by atoms with Gasteiger partial charge < -0.3 is 24.6 Å². The van der Waals surface area contributed by atoms with Crippen molar-refractivity contribution >= 4 is 39.3 Å². The van der Waals surface area contributed by atoms with Crippen LogP contribution in [0.25, 0.3) is 0 Å². The summed E-state index contributed by atoms with van der Waals surface area (Å²) in [5.74, 6) is -0.995. The fourth-order valence-corrected chi connectivity index (χ4v) is 8.41. The molecular weight excluding hydrogens is 612 g/mol. The third kappa shape index (κ3) is 4.40. The summed E-state index contributed by atoms with van der Waals surface area (Å²) in [7, 11) is 2.57. The Morgan fingerprint density at radius 2 is 1.80 bits per heavy atom. The number of likely N-dealkylation sites (N-methyl/N-ethyl adjacent to an activating group) is 2. The number of pyridine rings is 1. The van der Waals surface area contributed by atoms with Gasteiger partial charge in [0.1, 0.15) is 34.8 Å². The molecule has 3 aromatic rings. The Balaban J connectivity index is 1.93. The largest absolute Gasteiger partial charge is 0.497 e. The van der Waals surface area contributed by atoms with Crippen LogP contribution in [0, 0.1) is 6.92 Å². The van der Waals surface area contributed by atoms with Crippen LogP contribution in [0.15, 0.2) is 53.6 Å². The summed E-state index contributed by atoms with van der Waals surface area (Å²) in [6, 6.07) is 9.82. The van der Waals surface area contributed by atoms with Gasteiger partial charge in [0.05, 0.1) is 44.5 Å². The number of aliphatic hydroxyl groups is 1. The molecule has 234 valence electrons. The first-order valence-electron chi connectivity index (χ1n) is 13.7. The minimum absolute atomic E-state index is 0.0156. The Morgan fingerprint density at radius 3 is 2.43 bits per heavy atom. The normalized spacial score (nSPS) is 24.6. The average Bonchev–Trinajstić information content (AvgIpc) is 3.46. The summed E-state index contributed by atoms with van der Waals surface area (Å²) in [6.45, 7) is 1.74. The molecule has 0 aliphatic carbocycles. The van der Waals surface area contributed by atoms with Crippen molar-refractivity contribution in [3.8, 4) is 17.2 Å². The number of amides is 2. The Kier molecular flexibility index (Phi) is 8.04. The zero-order chi connectivity index (χ0) is 32.2. The highest BCUT2D eigenvalue weighted by molar-refractivity contribution is 7.93. The minimum Gasteiger partial charge on any atom is -0.497 e. The summed E-state index contributed by atoms with van der Waals surface area (Å²) in [6.07, 6.45) is 0.271. The fourth-order valence-electron chi connectivity index (χ4n) is 6.69. The number of quaternary nitrogens is 1. The second-order valence-corrected chi connectivity index (χ2v) is 13.2. The van der Waals surface area contributed by atoms with Crippen LogP contribution >= 0.6 is 11.6 Å². The van der Waals surface area contributed by atoms with Gasteiger partial charge >= 0.3 is 5.91 Å². The first-order chi connectivity index (χ1) is 20.8. The van der Waals surface area contributed by atoms with Crippen molar-refractivity contribution in [1.82, 2.24) is 10.3 Å². The van der Waals surface area contributed by atoms with E-state index in [0.717, 1.165) is 5.56 Å². The van der Waals surface area contributed by atoms with E-state index >= 15 is 4.79 Å². The summed E-state index contributed by atoms with van der Waals surface area (Å²) in [4.78, 5) is 32.9. The molecule has 2 amide bonds. The maximum absolute atomic E-state index is 15.4. The van der Waals surface area contributed by atoms with Crippen LogP contribution in [0.5, 0.6) is 17.2 Å². The zero-order valence-electron chi connectivity index (χ0n) is 25.1. The molecular formula is C30H34ClN4O8S+. The fraction of sp³-hybridized carbons (Fsp3) is 0.367. The molecule has 2 unspecified atom stereocenters. The Hall–Kier alpha value is -3.91. The average molecular weight is 646 g/mol. The van der Waals surface area contributed by atoms with Crippen molar-refractivity contribution in [2.45, 2.75) is 35.9 Å². The van der Waals surface area contributed by atoms with E-state index in [1.54, 1.807) is 25.2 Å². The van der Waals surface area contributed by atoms with Crippen LogP contribution in [0.4, 0.5) is 5.82 Å². The number of aryl methyl sites for hydroxylation is 1. The summed E-state index contributed by atoms with van der Waals surface area (Å²) in [5.41, 5.74) is -0.794. The number of likely N-dealkylation sites (tertiary alicyclic amines) is 1. The summed E-state index contributed by atoms with van der Waals surface area (Å²) >= 11 is 6.52. The molecule has 0 radical (unpaired) electrons. The van der Waals surface area contributed by atoms with Crippen molar-refractivity contribution < 1.29 is 41.8 Å². The number of nitrogens with zero attached hydrogens (tertiary/aromatic N) is 3. The Bertz CT molecular complexity index is 1770. The number of fused-ring (bicyclic) bond motifs is 1. The third-order valence-electron chi connectivity index (χ3n) is 8.63. The molecule has 2 aliphatic heterocycles. The maximum atomic E-state index is 15.4. The molecule has 0 spiro atoms. The summed E-state index contributed by atoms with van der Waals surface area (Å²) < 4.78 is 45.9. The molecule has 2 N–H and O–H groups in total. The first kappa shape index (κ1) is 31.5. The van der Waals surface area contributed by atoms with Crippen LogP contribution in [-0.4, -0.2) is 88.9 Å². The molecule has 0 bridgehead atoms. The predicted molar refractivity (Wildman–Crippen MR) is 162 cm³/mol. The molecule has 4 atom stereocenters. The van der Waals surface area contributed by atoms with E-state index < -0.39 is 44.0 Å². The van der Waals surface area contributed by atoms with Crippen molar-refractivity contribution in [3.63, 3.8) is 0 Å². The van der Waals surface area contributed by atoms with Crippen molar-refractivity contribution in [1.29, 1.82) is 0 Å². The number of ether oxygens (including phenoxy) is 3. The highest BCUT2D eigenvalue weighted by Gasteiger charge is 2.72. The Morgan fingerprint density at radius 1 is 1.09 bits per heavy atom. The number of rotatable bonds is 8. The van der Waals surface area contributed by atoms with Gasteiger partial charge in [0.25, 0.3) is 15.9 Å². The number of aromatic nitrogens is 1. The number of hydrogen-bond acceptors (Lipinski definition) is 9. The molecule has 44 heavy (non-hydrogen) atoms. The topological polar surface area (TPSA) is 144 Å². The Labute approximate surface area is 260 Å². The molecule has 5 rings (SSSR count). The number of aliphatic hydroxyl groups excluding tert-OH is 1. The second-order valence-electron chi connectivity index (χ2n) is 11.0. The quantitative estimate of drug-likeness (QED) is 0.353. The zero-order valence-corrected chi connectivity index (χ0v) is 26.7. The van der Waals surface area contributed by atoms with Gasteiger partial charge in [-0.05, 0) is 37.3 Å². The van der Waals surface area contributed by atoms with Crippen LogP contribution in [0.2, 0.25) is 5.02 Å². The molecule has 1 fully saturated rings. The third-order valence-corrected chi connectivity index (χ3v) is 10.6. The van der Waals surface area contributed by atoms with E-state index in [-0.39, 0.29) is 45.8 Å². The van der Waals surface area contributed by atoms with Crippen LogP contribution < -0.4 is 23.8 Å². The molecule has 2 aromatic carbocycles. The number of benzene rings is 2. The molecule has 14 heteroatoms. The van der Waals surface area contributed by atoms with E-state index in [1.807, 2.05) is 6.92 Å². The molecule has 1 saturated heterocycles. The number of halogens is 1. The monoisotopic (exact) mass is 645 g/mol. The lowest BCUT2D eigenvalue weighted by molar-refractivity contribution is -0.953. The molecule has 3 heterocycles. The van der Waals surface area contributed by atoms with Gasteiger partial charge in [-0.15, -0.1) is 0 Å². The van der Waals surface area contributed by atoms with Crippen molar-refractivity contribution in [2.24, 2.45) is 0 Å². The number of nitrogens with one attached hydrogen (secondary N) is 1. The number of hydrogen-bond donors (Lipinski definition) is 2. The van der Waals surface area contributed by atoms with Gasteiger partial charge in [-0.3, -0.25) is 14.1 Å². The van der Waals surface area contributed by atoms with Crippen molar-refractivity contribution in [2.75, 3.05) is 46.3 Å². The maximum Gasteiger partial charge on any atom is 0.313 e. The first-order valence-corrected chi connectivity index (χ1v) is 15.5. The SMILES string of the molecule is CNC(=O)[C@@H]1C[C@@H](O)C[N+]1(C)C1(c2cc(C)ccc2OC)C(=O)N(S(=O)(=O)c2ccc(OC)cc2OC)c2ncc(Cl)cc21. The van der Waals surface area contributed by atoms with Crippen LogP contribution in [-0.2, 0) is 25.2 Å². The lowest BCUT2D eigenvalue weighted by Crippen LogP contribution is -2.69. The summed E-state index contributed by atoms with van der Waals surface area (Å²) in [5, 5.41) is 13.8. The highest BCUT2D eigenvalue weighted by atomic mass is 35.5. The minimum atomic E-state index is -4.72. The van der Waals surface area contributed by atoms with E-state index in [1.165, 1.54) is 58.8 Å². The molecule has 2 aliphatic rings. The lowest BCUT2D eigenvalue weighted by atomic mass is 9.78. The number of carbonyl (C=O) groups is 2. The molecule has 1 aromatic heterocycles. The molecule has 12 nitrogen and oxygen atoms in total. The van der Waals surface area contributed by atoms with E-state index in [2.05, 4.69) is 10.3 Å². The predicted octanol–water partition coefficient (Wildman–Crippen LogP) is 2.37. The van der Waals surface area contributed by atoms with Crippen molar-refractivity contribution in [3.05, 3.63) is 70.4 Å². The van der Waals surface area contributed by atoms with Gasteiger partial charge in [0.15, 0.2) is 11.9 Å². The van der Waals surface area contributed by atoms with Gasteiger partial charge in [-0.1, -0.05) is 23.2 Å². The van der Waals surface area contributed by atoms with E-state index in [4.69, 9.17) is 25.8 Å². The second kappa shape index (κ2) is 11.2. The van der Waals surface area contributed by atoms with Gasteiger partial charge in [0, 0.05) is 25.7 Å². The highest BCUT2D eigenvalue weighted by Crippen LogP contribution is 2.57. The number of carbonyl (C=O) groups excluding carboxylic acids is 2. The van der Waals surface area contributed by atoms with Crippen LogP contribution in [0.1, 0.15) is 23.1 Å². The number of methoxy groups -OCH3 is 3. The van der Waals surface area contributed by atoms with E-state index in [9.17, 15) is 18.3 Å². The van der Waals surface area contributed by atoms with Gasteiger partial charge in [-0.25, -0.2) is 13.4 Å². The molecule has 0 saturated carbocycles. The van der Waals surface area contributed by atoms with Crippen LogP contribution in [0.3, 0.4) is 0 Å². The van der Waals surface area contributed by atoms with E-state index in [0.29, 0.717) is 15.6 Å². The van der Waals surface area contributed by atoms with Gasteiger partial charge in [0.2, 0.25) is 5.54 Å².